The van der Waals surface area contributed by atoms with Crippen molar-refractivity contribution in [1.29, 1.82) is 0 Å². The highest BCUT2D eigenvalue weighted by Gasteiger charge is 2.50. The first kappa shape index (κ1) is 17.9. The number of alkyl halides is 3. The minimum absolute atomic E-state index is 0.156. The molecule has 0 aromatic heterocycles. The molecule has 0 saturated carbocycles. The SMILES string of the molecule is CN(C)C(=O)c1cc(C(F)(F)F)cc2c1C(O)(c1ccccc1)C(=O)N2. The zero-order chi connectivity index (χ0) is 19.3. The normalized spacial score (nSPS) is 19.1. The summed E-state index contributed by atoms with van der Waals surface area (Å²) in [5.74, 6) is -1.66. The quantitative estimate of drug-likeness (QED) is 0.861. The number of nitrogens with one attached hydrogen (secondary N) is 1. The van der Waals surface area contributed by atoms with E-state index in [1.165, 1.54) is 26.2 Å². The molecule has 3 rings (SSSR count). The van der Waals surface area contributed by atoms with Crippen LogP contribution < -0.4 is 5.32 Å². The summed E-state index contributed by atoms with van der Waals surface area (Å²) in [5, 5.41) is 13.4. The van der Waals surface area contributed by atoms with Gasteiger partial charge in [-0.2, -0.15) is 13.2 Å². The van der Waals surface area contributed by atoms with E-state index in [1.807, 2.05) is 0 Å². The Kier molecular flexibility index (Phi) is 4.03. The van der Waals surface area contributed by atoms with Gasteiger partial charge in [0.2, 0.25) is 0 Å². The lowest BCUT2D eigenvalue weighted by Crippen LogP contribution is -2.37. The van der Waals surface area contributed by atoms with E-state index in [-0.39, 0.29) is 22.4 Å². The van der Waals surface area contributed by atoms with Crippen molar-refractivity contribution in [3.63, 3.8) is 0 Å². The molecule has 2 N–H and O–H groups in total. The van der Waals surface area contributed by atoms with E-state index in [9.17, 15) is 27.9 Å². The van der Waals surface area contributed by atoms with Crippen molar-refractivity contribution in [1.82, 2.24) is 4.90 Å². The lowest BCUT2D eigenvalue weighted by Gasteiger charge is -2.25. The van der Waals surface area contributed by atoms with Crippen LogP contribution in [0.1, 0.15) is 27.0 Å². The molecule has 1 aliphatic rings. The summed E-state index contributed by atoms with van der Waals surface area (Å²) in [7, 11) is 2.75. The minimum Gasteiger partial charge on any atom is -0.372 e. The van der Waals surface area contributed by atoms with E-state index < -0.39 is 29.2 Å². The maximum atomic E-state index is 13.2. The fourth-order valence-electron chi connectivity index (χ4n) is 2.98. The standard InChI is InChI=1S/C18H15F3N2O3/c1-23(2)15(24)12-8-11(18(19,20)21)9-13-14(12)17(26,16(25)22-13)10-6-4-3-5-7-10/h3-9,26H,1-2H3,(H,22,25). The lowest BCUT2D eigenvalue weighted by molar-refractivity contribution is -0.137. The van der Waals surface area contributed by atoms with Crippen molar-refractivity contribution < 1.29 is 27.9 Å². The first-order chi connectivity index (χ1) is 12.1. The maximum absolute atomic E-state index is 13.2. The molecule has 2 aromatic carbocycles. The Labute approximate surface area is 147 Å². The van der Waals surface area contributed by atoms with Crippen LogP contribution in [0.25, 0.3) is 0 Å². The zero-order valence-corrected chi connectivity index (χ0v) is 13.9. The van der Waals surface area contributed by atoms with Gasteiger partial charge in [0.15, 0.2) is 5.60 Å². The second-order valence-corrected chi connectivity index (χ2v) is 6.17. The van der Waals surface area contributed by atoms with Gasteiger partial charge in [-0.1, -0.05) is 30.3 Å². The number of rotatable bonds is 2. The summed E-state index contributed by atoms with van der Waals surface area (Å²) in [4.78, 5) is 26.1. The molecular formula is C18H15F3N2O3. The van der Waals surface area contributed by atoms with Gasteiger partial charge in [0, 0.05) is 30.9 Å². The van der Waals surface area contributed by atoms with E-state index in [2.05, 4.69) is 5.32 Å². The number of hydrogen-bond donors (Lipinski definition) is 2. The van der Waals surface area contributed by atoms with Gasteiger partial charge in [0.25, 0.3) is 11.8 Å². The third kappa shape index (κ3) is 2.62. The second kappa shape index (κ2) is 5.84. The van der Waals surface area contributed by atoms with Crippen LogP contribution >= 0.6 is 0 Å². The number of fused-ring (bicyclic) bond motifs is 1. The Bertz CT molecular complexity index is 895. The Balaban J connectivity index is 2.34. The van der Waals surface area contributed by atoms with Crippen LogP contribution in [-0.4, -0.2) is 35.9 Å². The van der Waals surface area contributed by atoms with Crippen molar-refractivity contribution in [2.45, 2.75) is 11.8 Å². The van der Waals surface area contributed by atoms with Gasteiger partial charge in [-0.25, -0.2) is 0 Å². The van der Waals surface area contributed by atoms with Crippen molar-refractivity contribution >= 4 is 17.5 Å². The highest BCUT2D eigenvalue weighted by atomic mass is 19.4. The molecule has 26 heavy (non-hydrogen) atoms. The van der Waals surface area contributed by atoms with Gasteiger partial charge in [-0.3, -0.25) is 9.59 Å². The van der Waals surface area contributed by atoms with Crippen LogP contribution in [0.3, 0.4) is 0 Å². The maximum Gasteiger partial charge on any atom is 0.416 e. The zero-order valence-electron chi connectivity index (χ0n) is 13.9. The van der Waals surface area contributed by atoms with E-state index >= 15 is 0 Å². The highest BCUT2D eigenvalue weighted by Crippen LogP contribution is 2.45. The van der Waals surface area contributed by atoms with Crippen LogP contribution in [0.2, 0.25) is 0 Å². The minimum atomic E-state index is -4.71. The number of carbonyl (C=O) groups excluding carboxylic acids is 2. The van der Waals surface area contributed by atoms with E-state index in [4.69, 9.17) is 0 Å². The Morgan fingerprint density at radius 2 is 1.77 bits per heavy atom. The molecule has 0 radical (unpaired) electrons. The summed E-state index contributed by atoms with van der Waals surface area (Å²) >= 11 is 0. The molecule has 1 aliphatic heterocycles. The summed E-state index contributed by atoms with van der Waals surface area (Å²) in [6, 6.07) is 9.15. The number of aliphatic hydroxyl groups is 1. The number of anilines is 1. The van der Waals surface area contributed by atoms with Crippen molar-refractivity contribution in [3.8, 4) is 0 Å². The van der Waals surface area contributed by atoms with Gasteiger partial charge in [0.1, 0.15) is 0 Å². The number of benzene rings is 2. The predicted molar refractivity (Wildman–Crippen MR) is 87.5 cm³/mol. The van der Waals surface area contributed by atoms with E-state index in [0.29, 0.717) is 6.07 Å². The van der Waals surface area contributed by atoms with Crippen LogP contribution in [-0.2, 0) is 16.6 Å². The lowest BCUT2D eigenvalue weighted by atomic mass is 9.83. The number of carbonyl (C=O) groups is 2. The summed E-state index contributed by atoms with van der Waals surface area (Å²) in [6.45, 7) is 0. The molecule has 1 heterocycles. The molecule has 0 bridgehead atoms. The summed E-state index contributed by atoms with van der Waals surface area (Å²) in [6.07, 6.45) is -4.71. The number of halogens is 3. The largest absolute Gasteiger partial charge is 0.416 e. The fraction of sp³-hybridized carbons (Fsp3) is 0.222. The van der Waals surface area contributed by atoms with Gasteiger partial charge in [-0.15, -0.1) is 0 Å². The van der Waals surface area contributed by atoms with Gasteiger partial charge < -0.3 is 15.3 Å². The van der Waals surface area contributed by atoms with Gasteiger partial charge in [0.05, 0.1) is 5.56 Å². The van der Waals surface area contributed by atoms with Crippen molar-refractivity contribution in [2.24, 2.45) is 0 Å². The molecule has 2 aromatic rings. The van der Waals surface area contributed by atoms with Crippen molar-refractivity contribution in [3.05, 3.63) is 64.7 Å². The second-order valence-electron chi connectivity index (χ2n) is 6.17. The molecule has 0 aliphatic carbocycles. The number of hydrogen-bond acceptors (Lipinski definition) is 3. The number of nitrogens with zero attached hydrogens (tertiary/aromatic N) is 1. The van der Waals surface area contributed by atoms with E-state index in [0.717, 1.165) is 11.0 Å². The summed E-state index contributed by atoms with van der Waals surface area (Å²) < 4.78 is 39.6. The van der Waals surface area contributed by atoms with Crippen LogP contribution in [0.4, 0.5) is 18.9 Å². The molecule has 0 spiro atoms. The fourth-order valence-corrected chi connectivity index (χ4v) is 2.98. The summed E-state index contributed by atoms with van der Waals surface area (Å²) in [5.41, 5.74) is -3.99. The molecule has 1 atom stereocenters. The Morgan fingerprint density at radius 1 is 1.15 bits per heavy atom. The monoisotopic (exact) mass is 364 g/mol. The molecule has 5 nitrogen and oxygen atoms in total. The smallest absolute Gasteiger partial charge is 0.372 e. The topological polar surface area (TPSA) is 69.6 Å². The molecule has 2 amide bonds. The average molecular weight is 364 g/mol. The Morgan fingerprint density at radius 3 is 2.31 bits per heavy atom. The van der Waals surface area contributed by atoms with E-state index in [1.54, 1.807) is 18.2 Å². The molecule has 0 saturated heterocycles. The molecular weight excluding hydrogens is 349 g/mol. The average Bonchev–Trinajstić information content (AvgIpc) is 2.85. The third-order valence-corrected chi connectivity index (χ3v) is 4.23. The highest BCUT2D eigenvalue weighted by molar-refractivity contribution is 6.11. The van der Waals surface area contributed by atoms with Gasteiger partial charge in [-0.05, 0) is 17.7 Å². The van der Waals surface area contributed by atoms with Crippen LogP contribution in [0, 0.1) is 0 Å². The first-order valence-corrected chi connectivity index (χ1v) is 7.63. The first-order valence-electron chi connectivity index (χ1n) is 7.63. The molecule has 8 heteroatoms. The predicted octanol–water partition coefficient (Wildman–Crippen LogP) is 2.60. The van der Waals surface area contributed by atoms with Crippen LogP contribution in [0.15, 0.2) is 42.5 Å². The van der Waals surface area contributed by atoms with Crippen molar-refractivity contribution in [2.75, 3.05) is 19.4 Å². The molecule has 0 fully saturated rings. The molecule has 136 valence electrons. The van der Waals surface area contributed by atoms with Crippen LogP contribution in [0.5, 0.6) is 0 Å². The Hall–Kier alpha value is -2.87. The molecule has 1 unspecified atom stereocenters. The van der Waals surface area contributed by atoms with Gasteiger partial charge >= 0.3 is 6.18 Å². The third-order valence-electron chi connectivity index (χ3n) is 4.23. The number of amides is 2.